The van der Waals surface area contributed by atoms with Gasteiger partial charge in [-0.2, -0.15) is 0 Å². The number of rotatable bonds is 49. The summed E-state index contributed by atoms with van der Waals surface area (Å²) in [7, 11) is 0. The van der Waals surface area contributed by atoms with E-state index in [1.165, 1.54) is 32.1 Å². The van der Waals surface area contributed by atoms with Crippen molar-refractivity contribution >= 4 is 17.9 Å². The standard InChI is InChI=1S/C68H102O6/c1-4-7-10-13-16-19-21-23-25-26-27-28-29-30-31-32-33-34-35-36-37-38-39-40-41-42-44-45-47-49-52-55-58-61-67(70)73-64-65(63-72-66(69)60-57-54-51-18-15-12-9-6-3)74-68(71)62-59-56-53-50-48-46-43-24-22-20-17-14-11-8-5-2/h7-8,10-11,16-17,19-20,23-25,27-28,30-31,33-34,36-37,39-40,42-44,47-50,56,59,65H,4-6,9,12-15,18,21-22,26,29,32,35,38,41,45-46,51-55,57-58,60-64H2,1-3H3/b10-7-,11-8-,19-16-,20-17-,25-23-,28-27-,31-30-,34-33-,37-36-,40-39-,43-24-,44-42-,49-47-,50-48-,59-56-. The SMILES string of the molecule is CC/C=C\C/C=C\C/C=C\C/C=C\C/C=C\C/C=C\C/C=C\C/C=C\C/C=C\C/C=C\CCCCC(=O)OCC(COC(=O)CCCCCCCCCC)OC(=O)C/C=C\C/C=C\C/C=C\C/C=C\C/C=C\CC. The first kappa shape index (κ1) is 68.5. The van der Waals surface area contributed by atoms with Crippen molar-refractivity contribution < 1.29 is 28.6 Å². The van der Waals surface area contributed by atoms with Crippen LogP contribution in [-0.2, 0) is 28.6 Å². The van der Waals surface area contributed by atoms with Crippen LogP contribution in [0.2, 0.25) is 0 Å². The summed E-state index contributed by atoms with van der Waals surface area (Å²) in [6.07, 6.45) is 90.8. The molecule has 410 valence electrons. The Hall–Kier alpha value is -5.49. The Morgan fingerprint density at radius 1 is 0.297 bits per heavy atom. The summed E-state index contributed by atoms with van der Waals surface area (Å²) in [5.74, 6) is -1.13. The molecule has 0 aromatic heterocycles. The summed E-state index contributed by atoms with van der Waals surface area (Å²) in [5, 5.41) is 0. The topological polar surface area (TPSA) is 78.9 Å². The van der Waals surface area contributed by atoms with Crippen molar-refractivity contribution in [3.63, 3.8) is 0 Å². The molecule has 0 fully saturated rings. The number of hydrogen-bond acceptors (Lipinski definition) is 6. The lowest BCUT2D eigenvalue weighted by molar-refractivity contribution is -0.166. The summed E-state index contributed by atoms with van der Waals surface area (Å²) in [6, 6.07) is 0. The van der Waals surface area contributed by atoms with Gasteiger partial charge in [-0.25, -0.2) is 0 Å². The predicted molar refractivity (Wildman–Crippen MR) is 320 cm³/mol. The van der Waals surface area contributed by atoms with Crippen LogP contribution < -0.4 is 0 Å². The molecule has 0 bridgehead atoms. The van der Waals surface area contributed by atoms with Crippen LogP contribution in [0.15, 0.2) is 182 Å². The molecule has 0 aromatic carbocycles. The van der Waals surface area contributed by atoms with Gasteiger partial charge in [-0.15, -0.1) is 0 Å². The maximum Gasteiger partial charge on any atom is 0.310 e. The smallest absolute Gasteiger partial charge is 0.310 e. The maximum absolute atomic E-state index is 12.7. The predicted octanol–water partition coefficient (Wildman–Crippen LogP) is 19.7. The highest BCUT2D eigenvalue weighted by atomic mass is 16.6. The molecule has 6 nitrogen and oxygen atoms in total. The Bertz CT molecular complexity index is 1780. The molecule has 74 heavy (non-hydrogen) atoms. The number of ether oxygens (including phenoxy) is 3. The Labute approximate surface area is 453 Å². The molecule has 0 N–H and O–H groups in total. The van der Waals surface area contributed by atoms with Crippen molar-refractivity contribution in [3.05, 3.63) is 182 Å². The summed E-state index contributed by atoms with van der Waals surface area (Å²) in [5.41, 5.74) is 0. The van der Waals surface area contributed by atoms with E-state index in [0.29, 0.717) is 19.3 Å². The molecule has 0 radical (unpaired) electrons. The number of hydrogen-bond donors (Lipinski definition) is 0. The molecule has 0 spiro atoms. The second kappa shape index (κ2) is 60.1. The van der Waals surface area contributed by atoms with Crippen LogP contribution in [0.1, 0.15) is 207 Å². The average Bonchev–Trinajstić information content (AvgIpc) is 3.40. The van der Waals surface area contributed by atoms with E-state index in [4.69, 9.17) is 14.2 Å². The third-order valence-corrected chi connectivity index (χ3v) is 11.2. The number of allylic oxidation sites excluding steroid dienone is 29. The minimum atomic E-state index is -0.857. The zero-order valence-corrected chi connectivity index (χ0v) is 46.8. The van der Waals surface area contributed by atoms with E-state index in [-0.39, 0.29) is 38.0 Å². The molecule has 0 saturated heterocycles. The first-order valence-corrected chi connectivity index (χ1v) is 28.8. The molecule has 0 amide bonds. The van der Waals surface area contributed by atoms with E-state index in [9.17, 15) is 14.4 Å². The van der Waals surface area contributed by atoms with Gasteiger partial charge in [-0.1, -0.05) is 248 Å². The normalized spacial score (nSPS) is 13.5. The van der Waals surface area contributed by atoms with Crippen molar-refractivity contribution in [1.82, 2.24) is 0 Å². The maximum atomic E-state index is 12.7. The average molecular weight is 1020 g/mol. The second-order valence-electron chi connectivity index (χ2n) is 18.1. The van der Waals surface area contributed by atoms with Gasteiger partial charge < -0.3 is 14.2 Å². The van der Waals surface area contributed by atoms with Gasteiger partial charge in [-0.3, -0.25) is 14.4 Å². The van der Waals surface area contributed by atoms with Crippen LogP contribution in [0, 0.1) is 0 Å². The van der Waals surface area contributed by atoms with Gasteiger partial charge in [0.25, 0.3) is 0 Å². The molecule has 0 aliphatic carbocycles. The van der Waals surface area contributed by atoms with E-state index in [2.05, 4.69) is 191 Å². The van der Waals surface area contributed by atoms with E-state index in [1.807, 2.05) is 6.08 Å². The zero-order valence-electron chi connectivity index (χ0n) is 46.8. The fourth-order valence-electron chi connectivity index (χ4n) is 6.95. The minimum Gasteiger partial charge on any atom is -0.462 e. The largest absolute Gasteiger partial charge is 0.462 e. The Kier molecular flexibility index (Phi) is 55.6. The molecular weight excluding hydrogens is 913 g/mol. The van der Waals surface area contributed by atoms with Gasteiger partial charge in [0.1, 0.15) is 13.2 Å². The van der Waals surface area contributed by atoms with E-state index >= 15 is 0 Å². The van der Waals surface area contributed by atoms with E-state index < -0.39 is 12.1 Å². The molecular formula is C68H102O6. The lowest BCUT2D eigenvalue weighted by atomic mass is 10.1. The van der Waals surface area contributed by atoms with Crippen molar-refractivity contribution in [3.8, 4) is 0 Å². The zero-order chi connectivity index (χ0) is 53.6. The first-order valence-electron chi connectivity index (χ1n) is 28.8. The first-order chi connectivity index (χ1) is 36.5. The summed E-state index contributed by atoms with van der Waals surface area (Å²) < 4.78 is 16.6. The molecule has 0 heterocycles. The fourth-order valence-corrected chi connectivity index (χ4v) is 6.95. The van der Waals surface area contributed by atoms with Crippen molar-refractivity contribution in [2.24, 2.45) is 0 Å². The third-order valence-electron chi connectivity index (χ3n) is 11.2. The molecule has 0 rings (SSSR count). The molecule has 1 atom stereocenters. The van der Waals surface area contributed by atoms with Crippen molar-refractivity contribution in [2.75, 3.05) is 13.2 Å². The third kappa shape index (κ3) is 57.4. The summed E-state index contributed by atoms with van der Waals surface area (Å²) in [4.78, 5) is 37.9. The van der Waals surface area contributed by atoms with Crippen molar-refractivity contribution in [1.29, 1.82) is 0 Å². The van der Waals surface area contributed by atoms with Crippen LogP contribution in [0.5, 0.6) is 0 Å². The minimum absolute atomic E-state index is 0.0790. The van der Waals surface area contributed by atoms with Crippen LogP contribution in [0.3, 0.4) is 0 Å². The molecule has 1 unspecified atom stereocenters. The van der Waals surface area contributed by atoms with Crippen LogP contribution in [-0.4, -0.2) is 37.2 Å². The lowest BCUT2D eigenvalue weighted by Gasteiger charge is -2.18. The number of carbonyl (C=O) groups is 3. The molecule has 6 heteroatoms. The van der Waals surface area contributed by atoms with Gasteiger partial charge in [0, 0.05) is 12.8 Å². The van der Waals surface area contributed by atoms with Gasteiger partial charge in [0.2, 0.25) is 0 Å². The van der Waals surface area contributed by atoms with Crippen LogP contribution in [0.25, 0.3) is 0 Å². The van der Waals surface area contributed by atoms with Gasteiger partial charge in [0.15, 0.2) is 6.10 Å². The van der Waals surface area contributed by atoms with Gasteiger partial charge in [0.05, 0.1) is 6.42 Å². The fraction of sp³-hybridized carbons (Fsp3) is 0.515. The summed E-state index contributed by atoms with van der Waals surface area (Å²) in [6.45, 7) is 6.22. The van der Waals surface area contributed by atoms with E-state index in [0.717, 1.165) is 122 Å². The monoisotopic (exact) mass is 1010 g/mol. The van der Waals surface area contributed by atoms with Gasteiger partial charge >= 0.3 is 17.9 Å². The highest BCUT2D eigenvalue weighted by Gasteiger charge is 2.19. The van der Waals surface area contributed by atoms with Crippen LogP contribution in [0.4, 0.5) is 0 Å². The highest BCUT2D eigenvalue weighted by Crippen LogP contribution is 2.11. The second-order valence-corrected chi connectivity index (χ2v) is 18.1. The quantitative estimate of drug-likeness (QED) is 0.0261. The lowest BCUT2D eigenvalue weighted by Crippen LogP contribution is -2.30. The van der Waals surface area contributed by atoms with E-state index in [1.54, 1.807) is 6.08 Å². The Balaban J connectivity index is 4.38. The van der Waals surface area contributed by atoms with Gasteiger partial charge in [-0.05, 0) is 122 Å². The number of unbranched alkanes of at least 4 members (excludes halogenated alkanes) is 9. The Morgan fingerprint density at radius 3 is 0.892 bits per heavy atom. The highest BCUT2D eigenvalue weighted by molar-refractivity contribution is 5.72. The molecule has 0 aliphatic heterocycles. The Morgan fingerprint density at radius 2 is 0.568 bits per heavy atom. The summed E-state index contributed by atoms with van der Waals surface area (Å²) >= 11 is 0. The number of carbonyl (C=O) groups excluding carboxylic acids is 3. The number of esters is 3. The van der Waals surface area contributed by atoms with Crippen LogP contribution >= 0.6 is 0 Å². The molecule has 0 aromatic rings. The molecule has 0 aliphatic rings. The van der Waals surface area contributed by atoms with Crippen molar-refractivity contribution in [2.45, 2.75) is 213 Å². The molecule has 0 saturated carbocycles.